The minimum atomic E-state index is -4.35. The van der Waals surface area contributed by atoms with Gasteiger partial charge in [-0.15, -0.1) is 0 Å². The first-order valence-corrected chi connectivity index (χ1v) is 7.83. The summed E-state index contributed by atoms with van der Waals surface area (Å²) in [7, 11) is 0. The number of allylic oxidation sites excluding steroid dienone is 1. The average Bonchev–Trinajstić information content (AvgIpc) is 2.93. The maximum absolute atomic E-state index is 13.3. The van der Waals surface area contributed by atoms with Crippen LogP contribution in [0, 0.1) is 0 Å². The minimum absolute atomic E-state index is 0.249. The molecule has 0 spiro atoms. The van der Waals surface area contributed by atoms with Crippen LogP contribution in [-0.4, -0.2) is 0 Å². The summed E-state index contributed by atoms with van der Waals surface area (Å²) in [5.41, 5.74) is 4.89. The van der Waals surface area contributed by atoms with Crippen LogP contribution in [-0.2, 0) is 12.6 Å². The van der Waals surface area contributed by atoms with Crippen molar-refractivity contribution in [3.8, 4) is 11.1 Å². The van der Waals surface area contributed by atoms with Gasteiger partial charge in [0.15, 0.2) is 0 Å². The normalized spacial score (nSPS) is 13.9. The van der Waals surface area contributed by atoms with Crippen molar-refractivity contribution >= 4 is 16.8 Å². The minimum Gasteiger partial charge on any atom is -0.166 e. The maximum Gasteiger partial charge on any atom is 0.417 e. The standard InChI is InChI=1S/C21H15F3/c1-13-11-14-5-4-8-16(19(14)12-13)17-9-10-20(21(22,23)24)18-7-3-2-6-15(17)18/h2-10,12H,11H2,1H3. The molecule has 0 nitrogen and oxygen atoms in total. The van der Waals surface area contributed by atoms with E-state index in [2.05, 4.69) is 19.1 Å². The highest BCUT2D eigenvalue weighted by molar-refractivity contribution is 6.01. The van der Waals surface area contributed by atoms with Crippen LogP contribution in [0.15, 0.2) is 60.2 Å². The predicted molar refractivity (Wildman–Crippen MR) is 91.7 cm³/mol. The van der Waals surface area contributed by atoms with E-state index in [1.165, 1.54) is 17.2 Å². The molecule has 0 aliphatic heterocycles. The Morgan fingerprint density at radius 2 is 1.54 bits per heavy atom. The van der Waals surface area contributed by atoms with Crippen molar-refractivity contribution < 1.29 is 13.2 Å². The van der Waals surface area contributed by atoms with E-state index in [9.17, 15) is 13.2 Å². The first kappa shape index (κ1) is 15.0. The number of rotatable bonds is 1. The largest absolute Gasteiger partial charge is 0.417 e. The van der Waals surface area contributed by atoms with Crippen molar-refractivity contribution in [3.63, 3.8) is 0 Å². The van der Waals surface area contributed by atoms with Gasteiger partial charge in [0.2, 0.25) is 0 Å². The molecule has 1 aliphatic carbocycles. The van der Waals surface area contributed by atoms with Gasteiger partial charge in [-0.05, 0) is 52.4 Å². The van der Waals surface area contributed by atoms with E-state index in [0.29, 0.717) is 5.39 Å². The van der Waals surface area contributed by atoms with Crippen molar-refractivity contribution in [2.75, 3.05) is 0 Å². The lowest BCUT2D eigenvalue weighted by atomic mass is 9.91. The molecule has 0 saturated carbocycles. The van der Waals surface area contributed by atoms with Gasteiger partial charge in [-0.3, -0.25) is 0 Å². The fraction of sp³-hybridized carbons (Fsp3) is 0.143. The Kier molecular flexibility index (Phi) is 3.27. The molecule has 1 aliphatic rings. The topological polar surface area (TPSA) is 0 Å². The number of halogens is 3. The molecule has 0 radical (unpaired) electrons. The van der Waals surface area contributed by atoms with E-state index in [4.69, 9.17) is 0 Å². The summed E-state index contributed by atoms with van der Waals surface area (Å²) in [6.45, 7) is 2.08. The summed E-state index contributed by atoms with van der Waals surface area (Å²) >= 11 is 0. The summed E-state index contributed by atoms with van der Waals surface area (Å²) in [4.78, 5) is 0. The van der Waals surface area contributed by atoms with Crippen LogP contribution in [0.4, 0.5) is 13.2 Å². The third kappa shape index (κ3) is 2.32. The Balaban J connectivity index is 2.03. The predicted octanol–water partition coefficient (Wildman–Crippen LogP) is 6.49. The number of hydrogen-bond donors (Lipinski definition) is 0. The Labute approximate surface area is 138 Å². The fourth-order valence-electron chi connectivity index (χ4n) is 3.55. The van der Waals surface area contributed by atoms with Crippen molar-refractivity contribution in [1.29, 1.82) is 0 Å². The summed E-state index contributed by atoms with van der Waals surface area (Å²) in [6, 6.07) is 15.6. The zero-order valence-corrected chi connectivity index (χ0v) is 13.1. The van der Waals surface area contributed by atoms with E-state index in [1.54, 1.807) is 30.3 Å². The van der Waals surface area contributed by atoms with Crippen molar-refractivity contribution in [2.45, 2.75) is 19.5 Å². The average molecular weight is 324 g/mol. The molecule has 24 heavy (non-hydrogen) atoms. The third-order valence-electron chi connectivity index (χ3n) is 4.58. The third-order valence-corrected chi connectivity index (χ3v) is 4.58. The fourth-order valence-corrected chi connectivity index (χ4v) is 3.55. The van der Waals surface area contributed by atoms with Crippen molar-refractivity contribution in [1.82, 2.24) is 0 Å². The summed E-state index contributed by atoms with van der Waals surface area (Å²) in [5.74, 6) is 0. The van der Waals surface area contributed by atoms with Gasteiger partial charge < -0.3 is 0 Å². The molecule has 0 unspecified atom stereocenters. The number of fused-ring (bicyclic) bond motifs is 2. The molecule has 0 atom stereocenters. The van der Waals surface area contributed by atoms with Gasteiger partial charge in [0.1, 0.15) is 0 Å². The first-order valence-electron chi connectivity index (χ1n) is 7.83. The second kappa shape index (κ2) is 5.23. The monoisotopic (exact) mass is 324 g/mol. The molecule has 0 saturated heterocycles. The zero-order valence-electron chi connectivity index (χ0n) is 13.1. The Morgan fingerprint density at radius 3 is 2.29 bits per heavy atom. The van der Waals surface area contributed by atoms with Crippen LogP contribution in [0.3, 0.4) is 0 Å². The number of alkyl halides is 3. The lowest BCUT2D eigenvalue weighted by Gasteiger charge is -2.15. The Bertz CT molecular complexity index is 978. The summed E-state index contributed by atoms with van der Waals surface area (Å²) in [5, 5.41) is 0.887. The molecular formula is C21H15F3. The second-order valence-electron chi connectivity index (χ2n) is 6.25. The van der Waals surface area contributed by atoms with Gasteiger partial charge in [0.25, 0.3) is 0 Å². The Hall–Kier alpha value is -2.55. The van der Waals surface area contributed by atoms with Gasteiger partial charge in [-0.25, -0.2) is 0 Å². The van der Waals surface area contributed by atoms with E-state index in [1.807, 2.05) is 12.1 Å². The van der Waals surface area contributed by atoms with E-state index in [0.717, 1.165) is 23.1 Å². The van der Waals surface area contributed by atoms with Crippen molar-refractivity contribution in [2.24, 2.45) is 0 Å². The van der Waals surface area contributed by atoms with Crippen LogP contribution >= 0.6 is 0 Å². The van der Waals surface area contributed by atoms with E-state index in [-0.39, 0.29) is 5.39 Å². The number of hydrogen-bond acceptors (Lipinski definition) is 0. The molecule has 3 heteroatoms. The van der Waals surface area contributed by atoms with Crippen LogP contribution in [0.25, 0.3) is 28.0 Å². The lowest BCUT2D eigenvalue weighted by Crippen LogP contribution is -2.06. The van der Waals surface area contributed by atoms with Crippen LogP contribution in [0.1, 0.15) is 23.6 Å². The number of benzene rings is 3. The van der Waals surface area contributed by atoms with Gasteiger partial charge in [0.05, 0.1) is 5.56 Å². The Morgan fingerprint density at radius 1 is 0.792 bits per heavy atom. The second-order valence-corrected chi connectivity index (χ2v) is 6.25. The highest BCUT2D eigenvalue weighted by Gasteiger charge is 2.33. The molecule has 120 valence electrons. The lowest BCUT2D eigenvalue weighted by molar-refractivity contribution is -0.136. The van der Waals surface area contributed by atoms with Gasteiger partial charge in [-0.1, -0.05) is 60.2 Å². The van der Waals surface area contributed by atoms with E-state index >= 15 is 0 Å². The SMILES string of the molecule is CC1=Cc2c(cccc2-c2ccc(C(F)(F)F)c3ccccc23)C1. The molecule has 0 aromatic heterocycles. The highest BCUT2D eigenvalue weighted by atomic mass is 19.4. The molecule has 0 amide bonds. The molecule has 0 bridgehead atoms. The quantitative estimate of drug-likeness (QED) is 0.480. The zero-order chi connectivity index (χ0) is 16.9. The smallest absolute Gasteiger partial charge is 0.166 e. The maximum atomic E-state index is 13.3. The van der Waals surface area contributed by atoms with Crippen LogP contribution < -0.4 is 0 Å². The van der Waals surface area contributed by atoms with Crippen molar-refractivity contribution in [3.05, 3.63) is 76.9 Å². The summed E-state index contributed by atoms with van der Waals surface area (Å²) in [6.07, 6.45) is -1.31. The molecule has 0 N–H and O–H groups in total. The molecule has 3 aromatic carbocycles. The molecule has 4 rings (SSSR count). The van der Waals surface area contributed by atoms with Gasteiger partial charge in [0, 0.05) is 0 Å². The van der Waals surface area contributed by atoms with Gasteiger partial charge >= 0.3 is 6.18 Å². The van der Waals surface area contributed by atoms with E-state index < -0.39 is 11.7 Å². The van der Waals surface area contributed by atoms with Crippen LogP contribution in [0.2, 0.25) is 0 Å². The first-order chi connectivity index (χ1) is 11.4. The molecule has 3 aromatic rings. The summed E-state index contributed by atoms with van der Waals surface area (Å²) < 4.78 is 39.9. The molecular weight excluding hydrogens is 309 g/mol. The molecule has 0 fully saturated rings. The van der Waals surface area contributed by atoms with Crippen LogP contribution in [0.5, 0.6) is 0 Å². The molecule has 0 heterocycles. The van der Waals surface area contributed by atoms with Gasteiger partial charge in [-0.2, -0.15) is 13.2 Å². The highest BCUT2D eigenvalue weighted by Crippen LogP contribution is 2.41.